The Morgan fingerprint density at radius 1 is 1.35 bits per heavy atom. The molecule has 0 radical (unpaired) electrons. The lowest BCUT2D eigenvalue weighted by Crippen LogP contribution is -2.45. The average Bonchev–Trinajstić information content (AvgIpc) is 2.51. The second-order valence-corrected chi connectivity index (χ2v) is 8.24. The molecule has 0 spiro atoms. The Hall–Kier alpha value is -1.40. The summed E-state index contributed by atoms with van der Waals surface area (Å²) in [6.07, 6.45) is 5.29. The van der Waals surface area contributed by atoms with Gasteiger partial charge in [0.1, 0.15) is 0 Å². The van der Waals surface area contributed by atoms with Crippen molar-refractivity contribution in [1.82, 2.24) is 9.62 Å². The third kappa shape index (κ3) is 5.95. The summed E-state index contributed by atoms with van der Waals surface area (Å²) in [5, 5.41) is 0. The van der Waals surface area contributed by atoms with Crippen molar-refractivity contribution < 1.29 is 13.2 Å². The van der Waals surface area contributed by atoms with E-state index < -0.39 is 10.0 Å². The zero-order chi connectivity index (χ0) is 16.9. The van der Waals surface area contributed by atoms with E-state index in [-0.39, 0.29) is 12.5 Å². The van der Waals surface area contributed by atoms with Gasteiger partial charge in [-0.05, 0) is 49.7 Å². The Labute approximate surface area is 139 Å². The van der Waals surface area contributed by atoms with Crippen molar-refractivity contribution in [3.8, 4) is 0 Å². The quantitative estimate of drug-likeness (QED) is 0.859. The van der Waals surface area contributed by atoms with E-state index >= 15 is 0 Å². The molecule has 2 rings (SSSR count). The Morgan fingerprint density at radius 2 is 2.09 bits per heavy atom. The second-order valence-electron chi connectivity index (χ2n) is 6.41. The van der Waals surface area contributed by atoms with Gasteiger partial charge in [-0.1, -0.05) is 24.3 Å². The number of hydrogen-bond acceptors (Lipinski definition) is 3. The maximum atomic E-state index is 12.1. The molecule has 1 aromatic carbocycles. The van der Waals surface area contributed by atoms with Gasteiger partial charge in [-0.15, -0.1) is 0 Å². The number of sulfonamides is 1. The molecule has 5 nitrogen and oxygen atoms in total. The van der Waals surface area contributed by atoms with Crippen molar-refractivity contribution in [3.05, 3.63) is 35.4 Å². The monoisotopic (exact) mass is 338 g/mol. The van der Waals surface area contributed by atoms with E-state index in [1.807, 2.05) is 0 Å². The fraction of sp³-hybridized carbons (Fsp3) is 0.588. The van der Waals surface area contributed by atoms with Crippen LogP contribution in [0.1, 0.15) is 30.4 Å². The van der Waals surface area contributed by atoms with Gasteiger partial charge >= 0.3 is 0 Å². The van der Waals surface area contributed by atoms with E-state index in [0.717, 1.165) is 45.0 Å². The molecule has 0 saturated carbocycles. The fourth-order valence-corrected chi connectivity index (χ4v) is 3.47. The van der Waals surface area contributed by atoms with Crippen molar-refractivity contribution in [1.29, 1.82) is 0 Å². The van der Waals surface area contributed by atoms with Gasteiger partial charge in [-0.3, -0.25) is 4.79 Å². The summed E-state index contributed by atoms with van der Waals surface area (Å²) in [4.78, 5) is 13.9. The van der Waals surface area contributed by atoms with Crippen molar-refractivity contribution in [2.75, 3.05) is 25.9 Å². The number of aryl methyl sites for hydroxylation is 2. The molecule has 23 heavy (non-hydrogen) atoms. The molecule has 0 aliphatic carbocycles. The normalized spacial score (nSPS) is 18.9. The van der Waals surface area contributed by atoms with E-state index in [2.05, 4.69) is 35.9 Å². The van der Waals surface area contributed by atoms with Crippen LogP contribution < -0.4 is 4.72 Å². The predicted molar refractivity (Wildman–Crippen MR) is 91.7 cm³/mol. The minimum absolute atomic E-state index is 0.129. The standard InChI is InChI=1S/C17H26N2O3S/c1-14-6-3-4-8-16(14)10-9-15-7-5-11-19(13-15)17(20)12-18-23(2,21)22/h3-4,6,8,15,18H,5,7,9-13H2,1-2H3. The highest BCUT2D eigenvalue weighted by Crippen LogP contribution is 2.22. The van der Waals surface area contributed by atoms with E-state index in [0.29, 0.717) is 5.92 Å². The molecule has 128 valence electrons. The van der Waals surface area contributed by atoms with Gasteiger partial charge in [0.05, 0.1) is 12.8 Å². The number of carbonyl (C=O) groups excluding carboxylic acids is 1. The summed E-state index contributed by atoms with van der Waals surface area (Å²) in [5.41, 5.74) is 2.68. The number of nitrogens with one attached hydrogen (secondary N) is 1. The zero-order valence-electron chi connectivity index (χ0n) is 13.9. The number of carbonyl (C=O) groups is 1. The molecule has 1 aliphatic rings. The first-order valence-corrected chi connectivity index (χ1v) is 10.0. The number of nitrogens with zero attached hydrogens (tertiary/aromatic N) is 1. The first kappa shape index (κ1) is 17.9. The van der Waals surface area contributed by atoms with Crippen LogP contribution in [0.4, 0.5) is 0 Å². The highest BCUT2D eigenvalue weighted by molar-refractivity contribution is 7.88. The zero-order valence-corrected chi connectivity index (χ0v) is 14.7. The molecule has 1 N–H and O–H groups in total. The van der Waals surface area contributed by atoms with Gasteiger partial charge in [0.2, 0.25) is 15.9 Å². The molecule has 1 aromatic rings. The van der Waals surface area contributed by atoms with Gasteiger partial charge in [0.25, 0.3) is 0 Å². The predicted octanol–water partition coefficient (Wildman–Crippen LogP) is 1.72. The summed E-state index contributed by atoms with van der Waals surface area (Å²) in [5.74, 6) is 0.363. The van der Waals surface area contributed by atoms with Crippen LogP contribution in [0.2, 0.25) is 0 Å². The van der Waals surface area contributed by atoms with Crippen LogP contribution in [0.25, 0.3) is 0 Å². The summed E-state index contributed by atoms with van der Waals surface area (Å²) in [6, 6.07) is 8.41. The third-order valence-corrected chi connectivity index (χ3v) is 5.11. The van der Waals surface area contributed by atoms with Crippen molar-refractivity contribution in [3.63, 3.8) is 0 Å². The lowest BCUT2D eigenvalue weighted by Gasteiger charge is -2.33. The largest absolute Gasteiger partial charge is 0.341 e. The molecule has 1 fully saturated rings. The van der Waals surface area contributed by atoms with Crippen molar-refractivity contribution in [2.24, 2.45) is 5.92 Å². The maximum absolute atomic E-state index is 12.1. The second kappa shape index (κ2) is 7.93. The van der Waals surface area contributed by atoms with Crippen molar-refractivity contribution in [2.45, 2.75) is 32.6 Å². The topological polar surface area (TPSA) is 66.5 Å². The number of hydrogen-bond donors (Lipinski definition) is 1. The molecule has 1 saturated heterocycles. The van der Waals surface area contributed by atoms with E-state index in [4.69, 9.17) is 0 Å². The smallest absolute Gasteiger partial charge is 0.237 e. The van der Waals surface area contributed by atoms with Crippen molar-refractivity contribution >= 4 is 15.9 Å². The molecule has 0 bridgehead atoms. The minimum Gasteiger partial charge on any atom is -0.341 e. The Morgan fingerprint density at radius 3 is 2.78 bits per heavy atom. The molecular weight excluding hydrogens is 312 g/mol. The molecule has 1 unspecified atom stereocenters. The Kier molecular flexibility index (Phi) is 6.18. The molecule has 0 aromatic heterocycles. The summed E-state index contributed by atoms with van der Waals surface area (Å²) < 4.78 is 24.5. The number of piperidine rings is 1. The average molecular weight is 338 g/mol. The van der Waals surface area contributed by atoms with Gasteiger partial charge in [-0.25, -0.2) is 13.1 Å². The number of likely N-dealkylation sites (tertiary alicyclic amines) is 1. The lowest BCUT2D eigenvalue weighted by molar-refractivity contribution is -0.131. The summed E-state index contributed by atoms with van der Waals surface area (Å²) >= 11 is 0. The molecule has 6 heteroatoms. The van der Waals surface area contributed by atoms with E-state index in [1.165, 1.54) is 11.1 Å². The van der Waals surface area contributed by atoms with Crippen LogP contribution in [0.3, 0.4) is 0 Å². The van der Waals surface area contributed by atoms with Crippen LogP contribution in [0.5, 0.6) is 0 Å². The van der Waals surface area contributed by atoms with Crippen LogP contribution in [-0.4, -0.2) is 45.1 Å². The Bertz CT molecular complexity index is 643. The molecule has 1 atom stereocenters. The number of benzene rings is 1. The first-order valence-electron chi connectivity index (χ1n) is 8.12. The third-order valence-electron chi connectivity index (χ3n) is 4.44. The van der Waals surface area contributed by atoms with E-state index in [1.54, 1.807) is 4.90 Å². The van der Waals surface area contributed by atoms with Crippen LogP contribution >= 0.6 is 0 Å². The number of amides is 1. The number of rotatable bonds is 6. The molecular formula is C17H26N2O3S. The molecule has 1 amide bonds. The highest BCUT2D eigenvalue weighted by Gasteiger charge is 2.23. The highest BCUT2D eigenvalue weighted by atomic mass is 32.2. The molecule has 1 heterocycles. The van der Waals surface area contributed by atoms with Gasteiger partial charge in [-0.2, -0.15) is 0 Å². The Balaban J connectivity index is 1.83. The van der Waals surface area contributed by atoms with Crippen LogP contribution in [-0.2, 0) is 21.2 Å². The lowest BCUT2D eigenvalue weighted by atomic mass is 9.90. The maximum Gasteiger partial charge on any atom is 0.237 e. The summed E-state index contributed by atoms with van der Waals surface area (Å²) in [6.45, 7) is 3.45. The first-order chi connectivity index (χ1) is 10.8. The SMILES string of the molecule is Cc1ccccc1CCC1CCCN(C(=O)CNS(C)(=O)=O)C1. The van der Waals surface area contributed by atoms with Gasteiger partial charge in [0, 0.05) is 13.1 Å². The fourth-order valence-electron chi connectivity index (χ4n) is 3.08. The minimum atomic E-state index is -3.32. The van der Waals surface area contributed by atoms with Crippen LogP contribution in [0.15, 0.2) is 24.3 Å². The van der Waals surface area contributed by atoms with E-state index in [9.17, 15) is 13.2 Å². The van der Waals surface area contributed by atoms with Gasteiger partial charge in [0.15, 0.2) is 0 Å². The van der Waals surface area contributed by atoms with Crippen LogP contribution in [0, 0.1) is 12.8 Å². The van der Waals surface area contributed by atoms with Gasteiger partial charge < -0.3 is 4.90 Å². The molecule has 1 aliphatic heterocycles. The summed E-state index contributed by atoms with van der Waals surface area (Å²) in [7, 11) is -3.32.